The number of hydrogen-bond donors (Lipinski definition) is 0. The Morgan fingerprint density at radius 3 is 1.59 bits per heavy atom. The van der Waals surface area contributed by atoms with Gasteiger partial charge in [-0.05, 0) is 133 Å². The SMILES string of the molecule is CC1(c2ccccc2)c2ccccc2-c2ccc(-c3ccccc3N(c3ccc(-c4cccc5c4c4ccccc4n5-c4ccccc4)cc3)c3ccccc3-c3cccc4cccc(-c5ccccc5)c34)cc21. The number of para-hydroxylation sites is 4. The summed E-state index contributed by atoms with van der Waals surface area (Å²) in [5.74, 6) is 0. The van der Waals surface area contributed by atoms with Crippen LogP contribution in [0.3, 0.4) is 0 Å². The molecule has 0 radical (unpaired) electrons. The first-order valence-corrected chi connectivity index (χ1v) is 25.7. The van der Waals surface area contributed by atoms with Crippen LogP contribution >= 0.6 is 0 Å². The van der Waals surface area contributed by atoms with Crippen molar-refractivity contribution in [1.29, 1.82) is 0 Å². The van der Waals surface area contributed by atoms with Crippen molar-refractivity contribution in [2.24, 2.45) is 0 Å². The van der Waals surface area contributed by atoms with Crippen LogP contribution < -0.4 is 4.90 Å². The van der Waals surface area contributed by atoms with Crippen molar-refractivity contribution in [3.63, 3.8) is 0 Å². The van der Waals surface area contributed by atoms with Crippen LogP contribution in [-0.4, -0.2) is 4.57 Å². The van der Waals surface area contributed by atoms with Gasteiger partial charge in [0.1, 0.15) is 0 Å². The molecule has 0 amide bonds. The van der Waals surface area contributed by atoms with Gasteiger partial charge in [0.2, 0.25) is 0 Å². The summed E-state index contributed by atoms with van der Waals surface area (Å²) in [5.41, 5.74) is 22.5. The molecule has 0 aliphatic heterocycles. The standard InChI is InChI=1S/C72H50N2/c1-72(53-26-7-3-8-27-53)64-37-15-11-31-59(64)60-47-44-52(48-65(60)72)56-30-12-16-38-66(56)73(67-39-17-13-32-61(67)62-36-20-25-51-24-19-34-57(70(51)62)49-22-5-2-6-23-49)55-45-42-50(43-46-55)58-35-21-41-69-71(58)63-33-14-18-40-68(63)74(69)54-28-9-4-10-29-54/h2-48H,1H3. The minimum absolute atomic E-state index is 0.332. The lowest BCUT2D eigenvalue weighted by Gasteiger charge is -2.31. The maximum absolute atomic E-state index is 2.50. The van der Waals surface area contributed by atoms with Crippen LogP contribution in [0, 0.1) is 0 Å². The summed E-state index contributed by atoms with van der Waals surface area (Å²) in [6, 6.07) is 105. The quantitative estimate of drug-likeness (QED) is 0.140. The van der Waals surface area contributed by atoms with Crippen LogP contribution in [0.1, 0.15) is 23.6 Å². The van der Waals surface area contributed by atoms with E-state index in [0.717, 1.165) is 39.4 Å². The summed E-state index contributed by atoms with van der Waals surface area (Å²) < 4.78 is 2.40. The van der Waals surface area contributed by atoms with Gasteiger partial charge >= 0.3 is 0 Å². The summed E-state index contributed by atoms with van der Waals surface area (Å²) in [6.45, 7) is 2.40. The lowest BCUT2D eigenvalue weighted by Crippen LogP contribution is -2.22. The number of benzene rings is 12. The molecule has 74 heavy (non-hydrogen) atoms. The van der Waals surface area contributed by atoms with Gasteiger partial charge in [0.05, 0.1) is 22.4 Å². The minimum Gasteiger partial charge on any atom is -0.309 e. The molecule has 1 aromatic heterocycles. The molecule has 0 saturated heterocycles. The van der Waals surface area contributed by atoms with Crippen LogP contribution in [0.2, 0.25) is 0 Å². The van der Waals surface area contributed by atoms with Crippen molar-refractivity contribution < 1.29 is 0 Å². The van der Waals surface area contributed by atoms with Crippen molar-refractivity contribution in [2.75, 3.05) is 4.90 Å². The Labute approximate surface area is 432 Å². The van der Waals surface area contributed by atoms with E-state index in [2.05, 4.69) is 302 Å². The van der Waals surface area contributed by atoms with E-state index >= 15 is 0 Å². The number of nitrogens with zero attached hydrogens (tertiary/aromatic N) is 2. The second kappa shape index (κ2) is 17.7. The van der Waals surface area contributed by atoms with Gasteiger partial charge in [0, 0.05) is 38.7 Å². The molecular formula is C72H50N2. The maximum atomic E-state index is 2.50. The van der Waals surface area contributed by atoms with Crippen molar-refractivity contribution in [2.45, 2.75) is 12.3 Å². The van der Waals surface area contributed by atoms with Crippen molar-refractivity contribution in [3.8, 4) is 61.3 Å². The first kappa shape index (κ1) is 43.3. The summed E-state index contributed by atoms with van der Waals surface area (Å²) in [4.78, 5) is 2.50. The predicted octanol–water partition coefficient (Wildman–Crippen LogP) is 19.4. The summed E-state index contributed by atoms with van der Waals surface area (Å²) in [5, 5.41) is 4.93. The molecule has 2 nitrogen and oxygen atoms in total. The molecule has 0 saturated carbocycles. The first-order valence-electron chi connectivity index (χ1n) is 25.7. The molecule has 1 aliphatic carbocycles. The highest BCUT2D eigenvalue weighted by molar-refractivity contribution is 6.16. The zero-order valence-electron chi connectivity index (χ0n) is 41.0. The van der Waals surface area contributed by atoms with Crippen molar-refractivity contribution in [3.05, 3.63) is 302 Å². The van der Waals surface area contributed by atoms with Gasteiger partial charge in [-0.25, -0.2) is 0 Å². The molecule has 12 aromatic carbocycles. The zero-order chi connectivity index (χ0) is 49.2. The highest BCUT2D eigenvalue weighted by atomic mass is 15.1. The van der Waals surface area contributed by atoms with Crippen molar-refractivity contribution >= 4 is 49.6 Å². The Kier molecular flexibility index (Phi) is 10.3. The maximum Gasteiger partial charge on any atom is 0.0547 e. The molecule has 13 aromatic rings. The van der Waals surface area contributed by atoms with E-state index in [4.69, 9.17) is 0 Å². The average molecular weight is 943 g/mol. The van der Waals surface area contributed by atoms with Gasteiger partial charge in [-0.3, -0.25) is 0 Å². The highest BCUT2D eigenvalue weighted by Crippen LogP contribution is 2.54. The molecule has 1 atom stereocenters. The lowest BCUT2D eigenvalue weighted by molar-refractivity contribution is 0.714. The van der Waals surface area contributed by atoms with E-state index in [1.807, 2.05) is 0 Å². The molecule has 0 bridgehead atoms. The van der Waals surface area contributed by atoms with E-state index in [0.29, 0.717) is 0 Å². The summed E-state index contributed by atoms with van der Waals surface area (Å²) >= 11 is 0. The molecule has 2 heteroatoms. The molecule has 0 fully saturated rings. The molecular weight excluding hydrogens is 893 g/mol. The fourth-order valence-electron chi connectivity index (χ4n) is 12.3. The number of rotatable bonds is 9. The summed E-state index contributed by atoms with van der Waals surface area (Å²) in [6.07, 6.45) is 0. The third-order valence-corrected chi connectivity index (χ3v) is 15.7. The molecule has 1 aliphatic rings. The Hall–Kier alpha value is -9.50. The third-order valence-electron chi connectivity index (χ3n) is 15.7. The Bertz CT molecular complexity index is 4240. The minimum atomic E-state index is -0.332. The molecule has 1 heterocycles. The van der Waals surface area contributed by atoms with Crippen LogP contribution in [0.25, 0.3) is 93.9 Å². The van der Waals surface area contributed by atoms with Crippen LogP contribution in [0.4, 0.5) is 17.1 Å². The van der Waals surface area contributed by atoms with E-state index in [1.165, 1.54) is 88.2 Å². The van der Waals surface area contributed by atoms with Gasteiger partial charge in [0.25, 0.3) is 0 Å². The van der Waals surface area contributed by atoms with Gasteiger partial charge in [-0.15, -0.1) is 0 Å². The lowest BCUT2D eigenvalue weighted by atomic mass is 9.74. The number of aromatic nitrogens is 1. The fourth-order valence-corrected chi connectivity index (χ4v) is 12.3. The molecule has 14 rings (SSSR count). The van der Waals surface area contributed by atoms with E-state index in [1.54, 1.807) is 0 Å². The number of fused-ring (bicyclic) bond motifs is 7. The van der Waals surface area contributed by atoms with Gasteiger partial charge < -0.3 is 9.47 Å². The second-order valence-electron chi connectivity index (χ2n) is 19.7. The monoisotopic (exact) mass is 942 g/mol. The average Bonchev–Trinajstić information content (AvgIpc) is 3.97. The Morgan fingerprint density at radius 2 is 0.838 bits per heavy atom. The van der Waals surface area contributed by atoms with E-state index in [9.17, 15) is 0 Å². The number of hydrogen-bond acceptors (Lipinski definition) is 1. The first-order chi connectivity index (χ1) is 36.6. The molecule has 0 spiro atoms. The van der Waals surface area contributed by atoms with Crippen LogP contribution in [0.15, 0.2) is 285 Å². The van der Waals surface area contributed by atoms with Crippen molar-refractivity contribution in [1.82, 2.24) is 4.57 Å². The molecule has 0 N–H and O–H groups in total. The Balaban J connectivity index is 0.981. The van der Waals surface area contributed by atoms with Crippen LogP contribution in [-0.2, 0) is 5.41 Å². The van der Waals surface area contributed by atoms with Gasteiger partial charge in [-0.1, -0.05) is 231 Å². The largest absolute Gasteiger partial charge is 0.309 e. The molecule has 1 unspecified atom stereocenters. The van der Waals surface area contributed by atoms with E-state index < -0.39 is 0 Å². The van der Waals surface area contributed by atoms with Crippen LogP contribution in [0.5, 0.6) is 0 Å². The molecule has 348 valence electrons. The fraction of sp³-hybridized carbons (Fsp3) is 0.0278. The third kappa shape index (κ3) is 6.87. The van der Waals surface area contributed by atoms with E-state index in [-0.39, 0.29) is 5.41 Å². The van der Waals surface area contributed by atoms with Gasteiger partial charge in [0.15, 0.2) is 0 Å². The normalized spacial score (nSPS) is 13.8. The zero-order valence-corrected chi connectivity index (χ0v) is 41.0. The summed E-state index contributed by atoms with van der Waals surface area (Å²) in [7, 11) is 0. The second-order valence-corrected chi connectivity index (χ2v) is 19.7. The topological polar surface area (TPSA) is 8.17 Å². The highest BCUT2D eigenvalue weighted by Gasteiger charge is 2.41. The Morgan fingerprint density at radius 1 is 0.324 bits per heavy atom. The van der Waals surface area contributed by atoms with Gasteiger partial charge in [-0.2, -0.15) is 0 Å². The smallest absolute Gasteiger partial charge is 0.0547 e. The predicted molar refractivity (Wildman–Crippen MR) is 312 cm³/mol. The number of anilines is 3.